The number of nitrogens with two attached hydrogens (primary N) is 1. The summed E-state index contributed by atoms with van der Waals surface area (Å²) in [6, 6.07) is 5.71. The Morgan fingerprint density at radius 1 is 1.23 bits per heavy atom. The molecule has 0 bridgehead atoms. The van der Waals surface area contributed by atoms with Gasteiger partial charge in [-0.15, -0.1) is 0 Å². The fourth-order valence-corrected chi connectivity index (χ4v) is 4.72. The maximum Gasteiger partial charge on any atom is 0.490 e. The normalized spacial score (nSPS) is 27.2. The molecule has 2 aliphatic heterocycles. The topological polar surface area (TPSA) is 151 Å². The lowest BCUT2D eigenvalue weighted by Gasteiger charge is -2.46. The van der Waals surface area contributed by atoms with E-state index in [0.29, 0.717) is 30.6 Å². The van der Waals surface area contributed by atoms with E-state index in [2.05, 4.69) is 9.97 Å². The van der Waals surface area contributed by atoms with Gasteiger partial charge in [0.25, 0.3) is 5.91 Å². The molecule has 10 nitrogen and oxygen atoms in total. The Morgan fingerprint density at radius 2 is 1.89 bits per heavy atom. The second-order valence-electron chi connectivity index (χ2n) is 8.47. The van der Waals surface area contributed by atoms with E-state index in [1.807, 2.05) is 18.2 Å². The first-order chi connectivity index (χ1) is 16.4. The number of halogens is 3. The van der Waals surface area contributed by atoms with Crippen molar-refractivity contribution in [1.82, 2.24) is 14.9 Å². The molecule has 3 heterocycles. The van der Waals surface area contributed by atoms with Gasteiger partial charge in [0.2, 0.25) is 0 Å². The summed E-state index contributed by atoms with van der Waals surface area (Å²) in [5.74, 6) is -2.27. The van der Waals surface area contributed by atoms with Gasteiger partial charge in [-0.1, -0.05) is 6.07 Å². The van der Waals surface area contributed by atoms with Gasteiger partial charge in [-0.05, 0) is 30.5 Å². The molecule has 1 saturated carbocycles. The zero-order chi connectivity index (χ0) is 25.5. The molecular formula is C22H22F3N5O5. The number of carboxylic acid groups (broad SMARTS) is 1. The molecule has 1 amide bonds. The third-order valence-corrected chi connectivity index (χ3v) is 6.37. The van der Waals surface area contributed by atoms with Crippen molar-refractivity contribution < 1.29 is 37.7 Å². The van der Waals surface area contributed by atoms with Crippen molar-refractivity contribution in [3.05, 3.63) is 42.5 Å². The molecule has 35 heavy (non-hydrogen) atoms. The molecular weight excluding hydrogens is 471 g/mol. The number of guanidine groups is 1. The fraction of sp³-hybridized carbons (Fsp3) is 0.409. The summed E-state index contributed by atoms with van der Waals surface area (Å²) < 4.78 is 38.0. The van der Waals surface area contributed by atoms with Crippen molar-refractivity contribution in [2.45, 2.75) is 43.2 Å². The number of amides is 1. The van der Waals surface area contributed by atoms with Crippen LogP contribution in [0.15, 0.2) is 41.9 Å². The van der Waals surface area contributed by atoms with Gasteiger partial charge in [0, 0.05) is 42.9 Å². The molecule has 4 unspecified atom stereocenters. The van der Waals surface area contributed by atoms with E-state index in [1.54, 1.807) is 19.4 Å². The number of nitrogens with zero attached hydrogens (tertiary/aromatic N) is 4. The monoisotopic (exact) mass is 493 g/mol. The zero-order valence-corrected chi connectivity index (χ0v) is 18.4. The molecule has 1 aromatic carbocycles. The van der Waals surface area contributed by atoms with Crippen LogP contribution in [0.5, 0.6) is 5.75 Å². The Bertz CT molecular complexity index is 1180. The summed E-state index contributed by atoms with van der Waals surface area (Å²) in [6.45, 7) is 0. The number of carbonyl (C=O) groups excluding carboxylic acids is 1. The number of fused-ring (bicyclic) bond motifs is 4. The summed E-state index contributed by atoms with van der Waals surface area (Å²) in [4.78, 5) is 36.6. The first-order valence-electron chi connectivity index (χ1n) is 10.6. The Labute approximate surface area is 197 Å². The van der Waals surface area contributed by atoms with Crippen LogP contribution < -0.4 is 10.5 Å². The SMILES string of the molecule is CN1C(=O)C2(N=C1N)c1cc(-c3cncnc3)ccc1OC1CC(O)CCC12.O=C(O)C(F)(F)F. The highest BCUT2D eigenvalue weighted by molar-refractivity contribution is 6.07. The molecule has 5 rings (SSSR count). The van der Waals surface area contributed by atoms with Crippen molar-refractivity contribution >= 4 is 17.8 Å². The van der Waals surface area contributed by atoms with Crippen LogP contribution in [-0.2, 0) is 15.1 Å². The third-order valence-electron chi connectivity index (χ3n) is 6.37. The van der Waals surface area contributed by atoms with Crippen molar-refractivity contribution in [3.63, 3.8) is 0 Å². The lowest BCUT2D eigenvalue weighted by Crippen LogP contribution is -2.55. The Hall–Kier alpha value is -3.74. The van der Waals surface area contributed by atoms with Crippen LogP contribution in [0.1, 0.15) is 24.8 Å². The molecule has 3 aliphatic rings. The average molecular weight is 493 g/mol. The van der Waals surface area contributed by atoms with Gasteiger partial charge in [-0.2, -0.15) is 13.2 Å². The molecule has 1 aromatic heterocycles. The first kappa shape index (κ1) is 24.4. The summed E-state index contributed by atoms with van der Waals surface area (Å²) in [6.07, 6.45) is 0.860. The number of alkyl halides is 3. The number of hydrogen-bond donors (Lipinski definition) is 3. The first-order valence-corrected chi connectivity index (χ1v) is 10.6. The smallest absolute Gasteiger partial charge is 0.490 e. The summed E-state index contributed by atoms with van der Waals surface area (Å²) in [7, 11) is 1.65. The van der Waals surface area contributed by atoms with Gasteiger partial charge in [-0.25, -0.2) is 19.8 Å². The number of aliphatic carboxylic acids is 1. The van der Waals surface area contributed by atoms with E-state index in [4.69, 9.17) is 25.4 Å². The predicted octanol–water partition coefficient (Wildman–Crippen LogP) is 1.68. The number of carbonyl (C=O) groups is 2. The van der Waals surface area contributed by atoms with Crippen LogP contribution in [0.25, 0.3) is 11.1 Å². The predicted molar refractivity (Wildman–Crippen MR) is 115 cm³/mol. The summed E-state index contributed by atoms with van der Waals surface area (Å²) in [5, 5.41) is 17.3. The molecule has 0 radical (unpaired) electrons. The van der Waals surface area contributed by atoms with Crippen LogP contribution in [0.4, 0.5) is 13.2 Å². The van der Waals surface area contributed by atoms with Gasteiger partial charge in [0.15, 0.2) is 11.5 Å². The average Bonchev–Trinajstić information content (AvgIpc) is 3.04. The minimum Gasteiger partial charge on any atom is -0.490 e. The third kappa shape index (κ3) is 4.27. The minimum atomic E-state index is -5.08. The van der Waals surface area contributed by atoms with Crippen LogP contribution >= 0.6 is 0 Å². The second kappa shape index (κ2) is 8.80. The maximum atomic E-state index is 13.4. The maximum absolute atomic E-state index is 13.4. The van der Waals surface area contributed by atoms with Gasteiger partial charge >= 0.3 is 12.1 Å². The van der Waals surface area contributed by atoms with Crippen LogP contribution in [0, 0.1) is 5.92 Å². The number of carboxylic acids is 1. The number of rotatable bonds is 1. The van der Waals surface area contributed by atoms with Gasteiger partial charge in [0.1, 0.15) is 18.2 Å². The highest BCUT2D eigenvalue weighted by Gasteiger charge is 2.60. The molecule has 4 N–H and O–H groups in total. The van der Waals surface area contributed by atoms with Crippen molar-refractivity contribution in [3.8, 4) is 16.9 Å². The van der Waals surface area contributed by atoms with Crippen LogP contribution in [0.2, 0.25) is 0 Å². The van der Waals surface area contributed by atoms with Crippen molar-refractivity contribution in [2.75, 3.05) is 7.05 Å². The molecule has 186 valence electrons. The molecule has 0 saturated heterocycles. The summed E-state index contributed by atoms with van der Waals surface area (Å²) >= 11 is 0. The van der Waals surface area contributed by atoms with E-state index in [0.717, 1.165) is 11.1 Å². The number of aliphatic hydroxyl groups excluding tert-OH is 1. The van der Waals surface area contributed by atoms with Gasteiger partial charge < -0.3 is 20.7 Å². The Balaban J connectivity index is 0.000000364. The van der Waals surface area contributed by atoms with E-state index >= 15 is 0 Å². The number of ether oxygens (including phenoxy) is 1. The Morgan fingerprint density at radius 3 is 2.46 bits per heavy atom. The van der Waals surface area contributed by atoms with E-state index in [9.17, 15) is 23.1 Å². The molecule has 4 atom stereocenters. The lowest BCUT2D eigenvalue weighted by molar-refractivity contribution is -0.192. The highest BCUT2D eigenvalue weighted by Crippen LogP contribution is 2.53. The van der Waals surface area contributed by atoms with E-state index in [-0.39, 0.29) is 23.9 Å². The second-order valence-corrected chi connectivity index (χ2v) is 8.47. The van der Waals surface area contributed by atoms with Gasteiger partial charge in [-0.3, -0.25) is 9.69 Å². The number of aliphatic hydroxyl groups is 1. The number of aromatic nitrogens is 2. The molecule has 1 aliphatic carbocycles. The molecule has 1 spiro atoms. The Kier molecular flexibility index (Phi) is 6.13. The number of likely N-dealkylation sites (N-methyl/N-ethyl adjacent to an activating group) is 1. The molecule has 1 fully saturated rings. The number of benzene rings is 1. The standard InChI is InChI=1S/C20H21N5O3.C2HF3O2/c1-25-18(27)20(24-19(25)21)14-4-3-13(26)7-17(14)28-16-5-2-11(6-15(16)20)12-8-22-10-23-9-12;3-2(4,5)1(6)7/h2,5-6,8-10,13-14,17,26H,3-4,7H2,1H3,(H2,21,24);(H,6,7). The number of hydrogen-bond acceptors (Lipinski definition) is 8. The van der Waals surface area contributed by atoms with E-state index in [1.165, 1.54) is 11.2 Å². The molecule has 13 heteroatoms. The molecule has 2 aromatic rings. The zero-order valence-electron chi connectivity index (χ0n) is 18.4. The van der Waals surface area contributed by atoms with Gasteiger partial charge in [0.05, 0.1) is 6.10 Å². The van der Waals surface area contributed by atoms with Crippen LogP contribution in [-0.4, -0.2) is 68.3 Å². The highest BCUT2D eigenvalue weighted by atomic mass is 19.4. The largest absolute Gasteiger partial charge is 0.490 e. The van der Waals surface area contributed by atoms with Crippen LogP contribution in [0.3, 0.4) is 0 Å². The minimum absolute atomic E-state index is 0.151. The fourth-order valence-electron chi connectivity index (χ4n) is 4.72. The lowest BCUT2D eigenvalue weighted by atomic mass is 9.67. The van der Waals surface area contributed by atoms with Crippen molar-refractivity contribution in [2.24, 2.45) is 16.6 Å². The quantitative estimate of drug-likeness (QED) is 0.543. The summed E-state index contributed by atoms with van der Waals surface area (Å²) in [5.41, 5.74) is 7.39. The van der Waals surface area contributed by atoms with Crippen molar-refractivity contribution in [1.29, 1.82) is 0 Å². The van der Waals surface area contributed by atoms with E-state index < -0.39 is 23.8 Å². The number of aliphatic imine (C=N–C) groups is 1.